The topological polar surface area (TPSA) is 52.3 Å². The van der Waals surface area contributed by atoms with E-state index in [1.807, 2.05) is 0 Å². The van der Waals surface area contributed by atoms with Gasteiger partial charge in [-0.3, -0.25) is 4.79 Å². The second-order valence-electron chi connectivity index (χ2n) is 5.78. The fourth-order valence-electron chi connectivity index (χ4n) is 2.27. The molecule has 0 heterocycles. The fraction of sp³-hybridized carbons (Fsp3) is 0.941. The molecule has 0 saturated heterocycles. The molecule has 0 fully saturated rings. The summed E-state index contributed by atoms with van der Waals surface area (Å²) >= 11 is 0. The molecule has 0 aliphatic rings. The summed E-state index contributed by atoms with van der Waals surface area (Å²) in [6.45, 7) is 4.95. The minimum atomic E-state index is -0.0590. The highest BCUT2D eigenvalue weighted by atomic mass is 16.5. The van der Waals surface area contributed by atoms with Crippen LogP contribution in [-0.4, -0.2) is 18.6 Å². The zero-order valence-electron chi connectivity index (χ0n) is 13.7. The van der Waals surface area contributed by atoms with E-state index in [2.05, 4.69) is 13.8 Å². The Morgan fingerprint density at radius 1 is 0.900 bits per heavy atom. The van der Waals surface area contributed by atoms with E-state index in [-0.39, 0.29) is 12.0 Å². The van der Waals surface area contributed by atoms with E-state index in [0.717, 1.165) is 38.5 Å². The number of nitrogens with two attached hydrogens (primary N) is 1. The van der Waals surface area contributed by atoms with Crippen molar-refractivity contribution in [2.24, 2.45) is 5.73 Å². The largest absolute Gasteiger partial charge is 0.466 e. The summed E-state index contributed by atoms with van der Waals surface area (Å²) in [5.41, 5.74) is 6.06. The highest BCUT2D eigenvalue weighted by Gasteiger charge is 2.06. The van der Waals surface area contributed by atoms with Gasteiger partial charge in [-0.2, -0.15) is 0 Å². The van der Waals surface area contributed by atoms with Crippen molar-refractivity contribution in [1.82, 2.24) is 0 Å². The number of rotatable bonds is 14. The summed E-state index contributed by atoms with van der Waals surface area (Å²) < 4.78 is 5.17. The molecule has 120 valence electrons. The van der Waals surface area contributed by atoms with Crippen LogP contribution in [0.25, 0.3) is 0 Å². The van der Waals surface area contributed by atoms with E-state index in [4.69, 9.17) is 10.5 Å². The predicted octanol–water partition coefficient (Wildman–Crippen LogP) is 4.58. The van der Waals surface area contributed by atoms with Crippen LogP contribution >= 0.6 is 0 Å². The second kappa shape index (κ2) is 14.8. The SMILES string of the molecule is CCCCCCCC(N)CCCC(=O)OCCCCC. The van der Waals surface area contributed by atoms with Gasteiger partial charge in [0.15, 0.2) is 0 Å². The normalized spacial score (nSPS) is 12.3. The van der Waals surface area contributed by atoms with Crippen LogP contribution in [0.5, 0.6) is 0 Å². The average molecular weight is 285 g/mol. The molecule has 0 bridgehead atoms. The van der Waals surface area contributed by atoms with Gasteiger partial charge in [0.2, 0.25) is 0 Å². The van der Waals surface area contributed by atoms with Crippen molar-refractivity contribution in [3.63, 3.8) is 0 Å². The number of ether oxygens (including phenoxy) is 1. The summed E-state index contributed by atoms with van der Waals surface area (Å²) in [5, 5.41) is 0. The summed E-state index contributed by atoms with van der Waals surface area (Å²) in [6, 6.07) is 0.254. The molecule has 3 heteroatoms. The number of carbonyl (C=O) groups excluding carboxylic acids is 1. The van der Waals surface area contributed by atoms with Crippen molar-refractivity contribution in [1.29, 1.82) is 0 Å². The monoisotopic (exact) mass is 285 g/mol. The number of hydrogen-bond acceptors (Lipinski definition) is 3. The van der Waals surface area contributed by atoms with E-state index in [1.54, 1.807) is 0 Å². The maximum Gasteiger partial charge on any atom is 0.305 e. The van der Waals surface area contributed by atoms with Crippen molar-refractivity contribution < 1.29 is 9.53 Å². The predicted molar refractivity (Wildman–Crippen MR) is 85.7 cm³/mol. The molecule has 0 aromatic carbocycles. The third-order valence-electron chi connectivity index (χ3n) is 3.65. The molecule has 0 aromatic heterocycles. The van der Waals surface area contributed by atoms with Crippen molar-refractivity contribution in [3.8, 4) is 0 Å². The Kier molecular flexibility index (Phi) is 14.4. The number of esters is 1. The molecular weight excluding hydrogens is 250 g/mol. The third-order valence-corrected chi connectivity index (χ3v) is 3.65. The molecule has 0 spiro atoms. The fourth-order valence-corrected chi connectivity index (χ4v) is 2.27. The Morgan fingerprint density at radius 2 is 1.50 bits per heavy atom. The molecule has 3 nitrogen and oxygen atoms in total. The molecule has 0 aromatic rings. The minimum absolute atomic E-state index is 0.0590. The Bertz CT molecular complexity index is 219. The molecule has 0 radical (unpaired) electrons. The zero-order chi connectivity index (χ0) is 15.1. The van der Waals surface area contributed by atoms with Gasteiger partial charge in [0.1, 0.15) is 0 Å². The number of unbranched alkanes of at least 4 members (excludes halogenated alkanes) is 6. The van der Waals surface area contributed by atoms with Crippen LogP contribution < -0.4 is 5.73 Å². The molecule has 1 atom stereocenters. The van der Waals surface area contributed by atoms with Crippen LogP contribution in [-0.2, 0) is 9.53 Å². The van der Waals surface area contributed by atoms with Crippen molar-refractivity contribution in [2.75, 3.05) is 6.61 Å². The van der Waals surface area contributed by atoms with Crippen molar-refractivity contribution >= 4 is 5.97 Å². The molecule has 0 aliphatic carbocycles. The third kappa shape index (κ3) is 13.9. The summed E-state index contributed by atoms with van der Waals surface area (Å²) in [7, 11) is 0. The van der Waals surface area contributed by atoms with E-state index < -0.39 is 0 Å². The van der Waals surface area contributed by atoms with E-state index in [0.29, 0.717) is 13.0 Å². The minimum Gasteiger partial charge on any atom is -0.466 e. The lowest BCUT2D eigenvalue weighted by molar-refractivity contribution is -0.143. The van der Waals surface area contributed by atoms with E-state index in [9.17, 15) is 4.79 Å². The first kappa shape index (κ1) is 19.4. The molecular formula is C17H35NO2. The number of hydrogen-bond donors (Lipinski definition) is 1. The van der Waals surface area contributed by atoms with Crippen molar-refractivity contribution in [2.45, 2.75) is 96.9 Å². The first-order chi connectivity index (χ1) is 9.70. The van der Waals surface area contributed by atoms with Gasteiger partial charge in [-0.05, 0) is 25.7 Å². The smallest absolute Gasteiger partial charge is 0.305 e. The molecule has 0 saturated carbocycles. The van der Waals surface area contributed by atoms with Gasteiger partial charge in [-0.15, -0.1) is 0 Å². The standard InChI is InChI=1S/C17H35NO2/c1-3-5-7-8-9-12-16(18)13-11-14-17(19)20-15-10-6-4-2/h16H,3-15,18H2,1-2H3. The van der Waals surface area contributed by atoms with Crippen LogP contribution in [0.4, 0.5) is 0 Å². The van der Waals surface area contributed by atoms with Crippen LogP contribution in [0, 0.1) is 0 Å². The Balaban J connectivity index is 3.32. The zero-order valence-corrected chi connectivity index (χ0v) is 13.7. The van der Waals surface area contributed by atoms with Gasteiger partial charge in [-0.1, -0.05) is 58.8 Å². The lowest BCUT2D eigenvalue weighted by atomic mass is 10.0. The lowest BCUT2D eigenvalue weighted by Crippen LogP contribution is -2.20. The lowest BCUT2D eigenvalue weighted by Gasteiger charge is -2.11. The Morgan fingerprint density at radius 3 is 2.20 bits per heavy atom. The Hall–Kier alpha value is -0.570. The molecule has 0 aliphatic heterocycles. The molecule has 20 heavy (non-hydrogen) atoms. The van der Waals surface area contributed by atoms with Gasteiger partial charge >= 0.3 is 5.97 Å². The van der Waals surface area contributed by atoms with Gasteiger partial charge in [0, 0.05) is 12.5 Å². The molecule has 0 rings (SSSR count). The first-order valence-electron chi connectivity index (χ1n) is 8.61. The van der Waals surface area contributed by atoms with Crippen molar-refractivity contribution in [3.05, 3.63) is 0 Å². The van der Waals surface area contributed by atoms with Crippen LogP contribution in [0.15, 0.2) is 0 Å². The summed E-state index contributed by atoms with van der Waals surface area (Å²) in [5.74, 6) is -0.0590. The van der Waals surface area contributed by atoms with Crippen LogP contribution in [0.2, 0.25) is 0 Å². The average Bonchev–Trinajstić information content (AvgIpc) is 2.43. The van der Waals surface area contributed by atoms with Crippen LogP contribution in [0.3, 0.4) is 0 Å². The highest BCUT2D eigenvalue weighted by molar-refractivity contribution is 5.69. The summed E-state index contributed by atoms with van der Waals surface area (Å²) in [6.07, 6.45) is 13.2. The molecule has 2 N–H and O–H groups in total. The van der Waals surface area contributed by atoms with E-state index >= 15 is 0 Å². The molecule has 0 amide bonds. The van der Waals surface area contributed by atoms with Gasteiger partial charge < -0.3 is 10.5 Å². The Labute approximate surface area is 125 Å². The first-order valence-corrected chi connectivity index (χ1v) is 8.61. The highest BCUT2D eigenvalue weighted by Crippen LogP contribution is 2.10. The quantitative estimate of drug-likeness (QED) is 0.375. The maximum absolute atomic E-state index is 11.5. The van der Waals surface area contributed by atoms with Crippen LogP contribution in [0.1, 0.15) is 90.9 Å². The van der Waals surface area contributed by atoms with Gasteiger partial charge in [0.05, 0.1) is 6.61 Å². The maximum atomic E-state index is 11.5. The van der Waals surface area contributed by atoms with E-state index in [1.165, 1.54) is 32.1 Å². The molecule has 1 unspecified atom stereocenters. The van der Waals surface area contributed by atoms with Gasteiger partial charge in [-0.25, -0.2) is 0 Å². The van der Waals surface area contributed by atoms with Gasteiger partial charge in [0.25, 0.3) is 0 Å². The second-order valence-corrected chi connectivity index (χ2v) is 5.78. The summed E-state index contributed by atoms with van der Waals surface area (Å²) in [4.78, 5) is 11.5. The number of carbonyl (C=O) groups is 1.